The van der Waals surface area contributed by atoms with Gasteiger partial charge in [0.1, 0.15) is 11.4 Å². The summed E-state index contributed by atoms with van der Waals surface area (Å²) in [6.07, 6.45) is -3.49. The summed E-state index contributed by atoms with van der Waals surface area (Å²) in [6, 6.07) is 10.5. The van der Waals surface area contributed by atoms with Crippen LogP contribution in [0, 0.1) is 0 Å². The van der Waals surface area contributed by atoms with Gasteiger partial charge in [-0.25, -0.2) is 10.1 Å². The molecule has 0 amide bonds. The zero-order chi connectivity index (χ0) is 24.0. The third kappa shape index (κ3) is 7.10. The minimum absolute atomic E-state index is 0.0226. The highest BCUT2D eigenvalue weighted by molar-refractivity contribution is 6.30. The van der Waals surface area contributed by atoms with Gasteiger partial charge in [0.15, 0.2) is 12.8 Å². The van der Waals surface area contributed by atoms with E-state index in [4.69, 9.17) is 11.6 Å². The Bertz CT molecular complexity index is 1130. The summed E-state index contributed by atoms with van der Waals surface area (Å²) in [5.74, 6) is -0.417. The number of nitrogens with zero attached hydrogens (tertiary/aromatic N) is 3. The molecule has 0 aliphatic heterocycles. The Hall–Kier alpha value is -3.80. The van der Waals surface area contributed by atoms with Gasteiger partial charge in [-0.3, -0.25) is 0 Å². The zero-order valence-corrected chi connectivity index (χ0v) is 17.8. The van der Waals surface area contributed by atoms with Crippen LogP contribution < -0.4 is 20.1 Å². The van der Waals surface area contributed by atoms with E-state index < -0.39 is 24.8 Å². The van der Waals surface area contributed by atoms with E-state index in [-0.39, 0.29) is 23.0 Å². The van der Waals surface area contributed by atoms with Crippen LogP contribution >= 0.6 is 11.6 Å². The number of methoxy groups -OCH3 is 1. The first kappa shape index (κ1) is 23.9. The van der Waals surface area contributed by atoms with Gasteiger partial charge in [-0.05, 0) is 23.8 Å². The van der Waals surface area contributed by atoms with Crippen molar-refractivity contribution >= 4 is 35.0 Å². The molecule has 0 aliphatic carbocycles. The topological polar surface area (TPSA) is 109 Å². The quantitative estimate of drug-likeness (QED) is 0.252. The SMILES string of the molecule is COC(=O)c1ccc(Nc2cc(NCc3ccc(Cl)cc3)nc(OCC(F)(F)F)n2)[n+](O)c1. The van der Waals surface area contributed by atoms with E-state index in [1.165, 1.54) is 25.3 Å². The summed E-state index contributed by atoms with van der Waals surface area (Å²) in [7, 11) is 1.19. The molecule has 174 valence electrons. The van der Waals surface area contributed by atoms with Crippen LogP contribution in [0.4, 0.5) is 30.6 Å². The molecule has 3 rings (SSSR count). The van der Waals surface area contributed by atoms with Gasteiger partial charge in [-0.1, -0.05) is 28.5 Å². The molecule has 9 nitrogen and oxygen atoms in total. The van der Waals surface area contributed by atoms with Crippen LogP contribution in [-0.2, 0) is 11.3 Å². The van der Waals surface area contributed by atoms with Crippen molar-refractivity contribution in [2.75, 3.05) is 24.4 Å². The number of esters is 1. The van der Waals surface area contributed by atoms with Crippen molar-refractivity contribution in [1.82, 2.24) is 9.97 Å². The molecule has 0 fully saturated rings. The number of hydrogen-bond acceptors (Lipinski definition) is 8. The minimum atomic E-state index is -4.58. The van der Waals surface area contributed by atoms with Crippen LogP contribution in [0.25, 0.3) is 0 Å². The van der Waals surface area contributed by atoms with Crippen LogP contribution in [0.5, 0.6) is 6.01 Å². The fourth-order valence-corrected chi connectivity index (χ4v) is 2.67. The number of carbonyl (C=O) groups is 1. The molecule has 0 saturated heterocycles. The molecule has 2 heterocycles. The first-order valence-electron chi connectivity index (χ1n) is 9.30. The summed E-state index contributed by atoms with van der Waals surface area (Å²) >= 11 is 5.86. The van der Waals surface area contributed by atoms with E-state index in [2.05, 4.69) is 30.1 Å². The van der Waals surface area contributed by atoms with Gasteiger partial charge in [0.05, 0.1) is 7.11 Å². The fraction of sp³-hybridized carbons (Fsp3) is 0.200. The number of rotatable bonds is 8. The molecule has 0 radical (unpaired) electrons. The van der Waals surface area contributed by atoms with E-state index in [1.807, 2.05) is 0 Å². The van der Waals surface area contributed by atoms with Crippen LogP contribution in [0.1, 0.15) is 15.9 Å². The van der Waals surface area contributed by atoms with E-state index >= 15 is 0 Å². The van der Waals surface area contributed by atoms with Crippen molar-refractivity contribution < 1.29 is 37.4 Å². The van der Waals surface area contributed by atoms with Gasteiger partial charge in [0, 0.05) is 23.7 Å². The number of alkyl halides is 3. The second-order valence-corrected chi connectivity index (χ2v) is 7.01. The first-order valence-corrected chi connectivity index (χ1v) is 9.68. The van der Waals surface area contributed by atoms with Crippen LogP contribution in [0.3, 0.4) is 0 Å². The number of hydrogen-bond donors (Lipinski definition) is 3. The number of pyridine rings is 1. The normalized spacial score (nSPS) is 11.1. The Morgan fingerprint density at radius 2 is 1.85 bits per heavy atom. The number of ether oxygens (including phenoxy) is 2. The highest BCUT2D eigenvalue weighted by atomic mass is 35.5. The Morgan fingerprint density at radius 1 is 1.15 bits per heavy atom. The lowest BCUT2D eigenvalue weighted by atomic mass is 10.2. The average Bonchev–Trinajstić information content (AvgIpc) is 2.77. The molecule has 0 saturated carbocycles. The molecule has 3 aromatic rings. The van der Waals surface area contributed by atoms with Crippen molar-refractivity contribution in [2.24, 2.45) is 0 Å². The van der Waals surface area contributed by atoms with Crippen LogP contribution in [0.2, 0.25) is 5.02 Å². The highest BCUT2D eigenvalue weighted by Crippen LogP contribution is 2.22. The monoisotopic (exact) mass is 484 g/mol. The van der Waals surface area contributed by atoms with Crippen molar-refractivity contribution in [3.63, 3.8) is 0 Å². The summed E-state index contributed by atoms with van der Waals surface area (Å²) in [6.45, 7) is -1.29. The number of benzene rings is 1. The predicted octanol–water partition coefficient (Wildman–Crippen LogP) is 3.74. The van der Waals surface area contributed by atoms with E-state index in [0.29, 0.717) is 16.3 Å². The van der Waals surface area contributed by atoms with Gasteiger partial charge in [-0.15, -0.1) is 0 Å². The lowest BCUT2D eigenvalue weighted by molar-refractivity contribution is -0.893. The fourth-order valence-electron chi connectivity index (χ4n) is 2.54. The third-order valence-electron chi connectivity index (χ3n) is 4.06. The second-order valence-electron chi connectivity index (χ2n) is 6.57. The van der Waals surface area contributed by atoms with Crippen molar-refractivity contribution in [1.29, 1.82) is 0 Å². The second kappa shape index (κ2) is 10.2. The molecular formula is C20H18ClF3N5O4+. The average molecular weight is 485 g/mol. The van der Waals surface area contributed by atoms with Crippen LogP contribution in [-0.4, -0.2) is 41.0 Å². The minimum Gasteiger partial charge on any atom is -0.465 e. The third-order valence-corrected chi connectivity index (χ3v) is 4.32. The lowest BCUT2D eigenvalue weighted by Crippen LogP contribution is -2.34. The maximum absolute atomic E-state index is 12.6. The number of halogens is 4. The first-order chi connectivity index (χ1) is 15.6. The summed E-state index contributed by atoms with van der Waals surface area (Å²) in [5.41, 5.74) is 0.921. The number of nitrogens with one attached hydrogen (secondary N) is 2. The molecule has 0 unspecified atom stereocenters. The van der Waals surface area contributed by atoms with Gasteiger partial charge in [-0.2, -0.15) is 23.1 Å². The molecule has 33 heavy (non-hydrogen) atoms. The summed E-state index contributed by atoms with van der Waals surface area (Å²) < 4.78 is 47.6. The van der Waals surface area contributed by atoms with Gasteiger partial charge in [0.2, 0.25) is 5.82 Å². The van der Waals surface area contributed by atoms with Gasteiger partial charge in [0.25, 0.3) is 0 Å². The standard InChI is InChI=1S/C20H17ClF3N5O4/c1-32-18(30)13-4-7-17(29(31)10-13)26-16-8-15(25-9-12-2-5-14(21)6-3-12)27-19(28-16)33-11-20(22,23)24/h2-8,10,31H,9,11H2,1H3,(H,25,27,28)/p+1. The van der Waals surface area contributed by atoms with Crippen molar-refractivity contribution in [3.05, 3.63) is 64.8 Å². The highest BCUT2D eigenvalue weighted by Gasteiger charge is 2.29. The molecule has 0 aliphatic rings. The number of aromatic nitrogens is 3. The van der Waals surface area contributed by atoms with Crippen molar-refractivity contribution in [3.8, 4) is 6.01 Å². The summed E-state index contributed by atoms with van der Waals surface area (Å²) in [4.78, 5) is 19.4. The Balaban J connectivity index is 1.83. The zero-order valence-electron chi connectivity index (χ0n) is 17.1. The van der Waals surface area contributed by atoms with Crippen molar-refractivity contribution in [2.45, 2.75) is 12.7 Å². The van der Waals surface area contributed by atoms with E-state index in [1.54, 1.807) is 24.3 Å². The Kier molecular flexibility index (Phi) is 7.38. The molecule has 1 aromatic carbocycles. The molecule has 0 bridgehead atoms. The van der Waals surface area contributed by atoms with Gasteiger partial charge >= 0.3 is 24.0 Å². The van der Waals surface area contributed by atoms with Crippen LogP contribution in [0.15, 0.2) is 48.7 Å². The maximum Gasteiger partial charge on any atom is 0.422 e. The Labute approximate surface area is 190 Å². The lowest BCUT2D eigenvalue weighted by Gasteiger charge is -2.11. The molecule has 2 aromatic heterocycles. The Morgan fingerprint density at radius 3 is 2.48 bits per heavy atom. The summed E-state index contributed by atoms with van der Waals surface area (Å²) in [5, 5.41) is 16.4. The molecule has 3 N–H and O–H groups in total. The largest absolute Gasteiger partial charge is 0.465 e. The molecule has 13 heteroatoms. The van der Waals surface area contributed by atoms with E-state index in [0.717, 1.165) is 11.8 Å². The number of anilines is 3. The smallest absolute Gasteiger partial charge is 0.422 e. The molecule has 0 atom stereocenters. The molecular weight excluding hydrogens is 467 g/mol. The molecule has 0 spiro atoms. The van der Waals surface area contributed by atoms with Gasteiger partial charge < -0.3 is 20.0 Å². The number of carbonyl (C=O) groups excluding carboxylic acids is 1. The maximum atomic E-state index is 12.6. The predicted molar refractivity (Wildman–Crippen MR) is 111 cm³/mol. The van der Waals surface area contributed by atoms with E-state index in [9.17, 15) is 23.2 Å².